The smallest absolute Gasteiger partial charge is 0.0208 e. The van der Waals surface area contributed by atoms with Gasteiger partial charge in [-0.3, -0.25) is 0 Å². The Hall–Kier alpha value is -0.0800. The zero-order valence-corrected chi connectivity index (χ0v) is 6.34. The third-order valence-corrected chi connectivity index (χ3v) is 3.07. The zero-order chi connectivity index (χ0) is 6.97. The van der Waals surface area contributed by atoms with E-state index in [0.717, 1.165) is 18.4 Å². The van der Waals surface area contributed by atoms with Gasteiger partial charge in [0.2, 0.25) is 0 Å². The Morgan fingerprint density at radius 1 is 1.20 bits per heavy atom. The molecule has 1 aliphatic heterocycles. The maximum atomic E-state index is 5.93. The van der Waals surface area contributed by atoms with Gasteiger partial charge in [0.25, 0.3) is 0 Å². The zero-order valence-electron chi connectivity index (χ0n) is 6.34. The average molecular weight is 140 g/mol. The van der Waals surface area contributed by atoms with Gasteiger partial charge in [0.1, 0.15) is 0 Å². The lowest BCUT2D eigenvalue weighted by atomic mass is 9.74. The fourth-order valence-electron chi connectivity index (χ4n) is 2.10. The molecule has 0 spiro atoms. The Morgan fingerprint density at radius 3 is 2.40 bits per heavy atom. The molecule has 0 unspecified atom stereocenters. The highest BCUT2D eigenvalue weighted by molar-refractivity contribution is 4.91. The van der Waals surface area contributed by atoms with Crippen molar-refractivity contribution in [1.29, 1.82) is 0 Å². The monoisotopic (exact) mass is 140 g/mol. The molecular formula is C8H16N2. The highest BCUT2D eigenvalue weighted by atomic mass is 15.0. The fourth-order valence-corrected chi connectivity index (χ4v) is 2.10. The molecule has 1 heterocycles. The molecule has 0 radical (unpaired) electrons. The first-order valence-corrected chi connectivity index (χ1v) is 4.34. The molecule has 10 heavy (non-hydrogen) atoms. The Bertz CT molecular complexity index is 120. The lowest BCUT2D eigenvalue weighted by molar-refractivity contribution is 0.206. The molecule has 0 bridgehead atoms. The number of hydrogen-bond acceptors (Lipinski definition) is 2. The fraction of sp³-hybridized carbons (Fsp3) is 1.00. The summed E-state index contributed by atoms with van der Waals surface area (Å²) in [5.74, 6) is 1.76. The molecular weight excluding hydrogens is 124 g/mol. The van der Waals surface area contributed by atoms with Crippen molar-refractivity contribution in [2.24, 2.45) is 17.6 Å². The third-order valence-electron chi connectivity index (χ3n) is 3.07. The predicted octanol–water partition coefficient (Wildman–Crippen LogP) is 0.333. The predicted molar refractivity (Wildman–Crippen MR) is 41.7 cm³/mol. The molecule has 1 saturated carbocycles. The van der Waals surface area contributed by atoms with Crippen molar-refractivity contribution in [2.45, 2.75) is 25.3 Å². The van der Waals surface area contributed by atoms with Gasteiger partial charge in [0.15, 0.2) is 0 Å². The van der Waals surface area contributed by atoms with Crippen LogP contribution in [0.4, 0.5) is 0 Å². The summed E-state index contributed by atoms with van der Waals surface area (Å²) in [6, 6.07) is 0.449. The number of hydrogen-bond donors (Lipinski definition) is 2. The molecule has 0 aromatic rings. The molecule has 0 amide bonds. The summed E-state index contributed by atoms with van der Waals surface area (Å²) in [5, 5.41) is 3.35. The van der Waals surface area contributed by atoms with Crippen molar-refractivity contribution in [1.82, 2.24) is 5.32 Å². The van der Waals surface area contributed by atoms with Gasteiger partial charge in [0.05, 0.1) is 0 Å². The highest BCUT2D eigenvalue weighted by Crippen LogP contribution is 2.35. The van der Waals surface area contributed by atoms with E-state index in [0.29, 0.717) is 6.04 Å². The van der Waals surface area contributed by atoms with Gasteiger partial charge in [0, 0.05) is 12.6 Å². The normalized spacial score (nSPS) is 41.7. The molecule has 58 valence electrons. The maximum Gasteiger partial charge on any atom is 0.0208 e. The largest absolute Gasteiger partial charge is 0.326 e. The van der Waals surface area contributed by atoms with Crippen molar-refractivity contribution >= 4 is 0 Å². The van der Waals surface area contributed by atoms with E-state index in [1.54, 1.807) is 0 Å². The highest BCUT2D eigenvalue weighted by Gasteiger charge is 2.34. The molecule has 0 aromatic carbocycles. The summed E-state index contributed by atoms with van der Waals surface area (Å²) < 4.78 is 0. The number of nitrogens with two attached hydrogens (primary N) is 1. The van der Waals surface area contributed by atoms with Crippen LogP contribution in [0.3, 0.4) is 0 Å². The van der Waals surface area contributed by atoms with Crippen molar-refractivity contribution in [3.05, 3.63) is 0 Å². The minimum atomic E-state index is 0.449. The molecule has 2 nitrogen and oxygen atoms in total. The van der Waals surface area contributed by atoms with E-state index in [9.17, 15) is 0 Å². The first kappa shape index (κ1) is 6.62. The van der Waals surface area contributed by atoms with Crippen LogP contribution in [0, 0.1) is 11.8 Å². The van der Waals surface area contributed by atoms with Crippen LogP contribution in [-0.4, -0.2) is 19.1 Å². The molecule has 1 saturated heterocycles. The molecule has 1 aliphatic carbocycles. The minimum absolute atomic E-state index is 0.449. The van der Waals surface area contributed by atoms with Crippen LogP contribution in [-0.2, 0) is 0 Å². The van der Waals surface area contributed by atoms with Crippen LogP contribution in [0.15, 0.2) is 0 Å². The summed E-state index contributed by atoms with van der Waals surface area (Å²) >= 11 is 0. The summed E-state index contributed by atoms with van der Waals surface area (Å²) in [5.41, 5.74) is 5.93. The Labute approximate surface area is 62.2 Å². The lowest BCUT2D eigenvalue weighted by Crippen LogP contribution is -2.36. The molecule has 2 heteroatoms. The van der Waals surface area contributed by atoms with Gasteiger partial charge in [-0.1, -0.05) is 19.3 Å². The Morgan fingerprint density at radius 2 is 2.00 bits per heavy atom. The van der Waals surface area contributed by atoms with Crippen molar-refractivity contribution in [3.63, 3.8) is 0 Å². The van der Waals surface area contributed by atoms with Crippen LogP contribution in [0.25, 0.3) is 0 Å². The van der Waals surface area contributed by atoms with Crippen molar-refractivity contribution < 1.29 is 0 Å². The van der Waals surface area contributed by atoms with Crippen LogP contribution < -0.4 is 11.1 Å². The number of nitrogens with one attached hydrogen (secondary N) is 1. The molecule has 2 atom stereocenters. The maximum absolute atomic E-state index is 5.93. The molecule has 2 aliphatic rings. The summed E-state index contributed by atoms with van der Waals surface area (Å²) in [6.45, 7) is 2.22. The first-order chi connectivity index (χ1) is 4.88. The van der Waals surface area contributed by atoms with Gasteiger partial charge in [-0.15, -0.1) is 0 Å². The topological polar surface area (TPSA) is 38.0 Å². The van der Waals surface area contributed by atoms with Crippen molar-refractivity contribution in [2.75, 3.05) is 13.1 Å². The van der Waals surface area contributed by atoms with Crippen LogP contribution in [0.5, 0.6) is 0 Å². The van der Waals surface area contributed by atoms with E-state index >= 15 is 0 Å². The standard InChI is InChI=1S/C8H16N2/c9-8-5-10-4-7(8)6-2-1-3-6/h6-8,10H,1-5,9H2/t7-,8-/m1/s1. The summed E-state index contributed by atoms with van der Waals surface area (Å²) in [7, 11) is 0. The minimum Gasteiger partial charge on any atom is -0.326 e. The second kappa shape index (κ2) is 2.51. The quantitative estimate of drug-likeness (QED) is 0.551. The second-order valence-electron chi connectivity index (χ2n) is 3.68. The summed E-state index contributed by atoms with van der Waals surface area (Å²) in [4.78, 5) is 0. The van der Waals surface area contributed by atoms with E-state index in [4.69, 9.17) is 5.73 Å². The first-order valence-electron chi connectivity index (χ1n) is 4.34. The van der Waals surface area contributed by atoms with Crippen LogP contribution >= 0.6 is 0 Å². The lowest BCUT2D eigenvalue weighted by Gasteiger charge is -2.32. The second-order valence-corrected chi connectivity index (χ2v) is 3.68. The van der Waals surface area contributed by atoms with Crippen LogP contribution in [0.1, 0.15) is 19.3 Å². The van der Waals surface area contributed by atoms with E-state index in [1.165, 1.54) is 25.8 Å². The summed E-state index contributed by atoms with van der Waals surface area (Å²) in [6.07, 6.45) is 4.30. The molecule has 0 aromatic heterocycles. The van der Waals surface area contributed by atoms with E-state index in [1.807, 2.05) is 0 Å². The van der Waals surface area contributed by atoms with Gasteiger partial charge >= 0.3 is 0 Å². The van der Waals surface area contributed by atoms with E-state index in [2.05, 4.69) is 5.32 Å². The number of rotatable bonds is 1. The van der Waals surface area contributed by atoms with E-state index in [-0.39, 0.29) is 0 Å². The average Bonchev–Trinajstić information content (AvgIpc) is 2.12. The van der Waals surface area contributed by atoms with Gasteiger partial charge in [-0.2, -0.15) is 0 Å². The Kier molecular flexibility index (Phi) is 1.66. The third kappa shape index (κ3) is 0.956. The van der Waals surface area contributed by atoms with Crippen molar-refractivity contribution in [3.8, 4) is 0 Å². The van der Waals surface area contributed by atoms with E-state index < -0.39 is 0 Å². The van der Waals surface area contributed by atoms with Crippen LogP contribution in [0.2, 0.25) is 0 Å². The SMILES string of the molecule is N[C@@H]1CNC[C@@H]1C1CCC1. The Balaban J connectivity index is 1.90. The molecule has 2 rings (SSSR count). The van der Waals surface area contributed by atoms with Gasteiger partial charge in [-0.25, -0.2) is 0 Å². The molecule has 2 fully saturated rings. The van der Waals surface area contributed by atoms with Gasteiger partial charge in [-0.05, 0) is 18.4 Å². The van der Waals surface area contributed by atoms with Gasteiger partial charge < -0.3 is 11.1 Å². The molecule has 3 N–H and O–H groups in total.